The predicted octanol–water partition coefficient (Wildman–Crippen LogP) is 15.5. The van der Waals surface area contributed by atoms with Crippen molar-refractivity contribution in [2.45, 2.75) is 251 Å². The molecule has 0 amide bonds. The van der Waals surface area contributed by atoms with Crippen LogP contribution in [0.3, 0.4) is 0 Å². The number of rotatable bonds is 48. The van der Waals surface area contributed by atoms with Crippen molar-refractivity contribution >= 4 is 19.8 Å². The highest BCUT2D eigenvalue weighted by Gasteiger charge is 2.27. The maximum atomic E-state index is 12.7. The largest absolute Gasteiger partial charge is 0.472 e. The zero-order chi connectivity index (χ0) is 45.7. The average molecular weight is 899 g/mol. The monoisotopic (exact) mass is 899 g/mol. The van der Waals surface area contributed by atoms with Crippen molar-refractivity contribution in [1.29, 1.82) is 0 Å². The molecule has 366 valence electrons. The Morgan fingerprint density at radius 2 is 0.839 bits per heavy atom. The molecule has 0 rings (SSSR count). The zero-order valence-corrected chi connectivity index (χ0v) is 42.3. The number of allylic oxidation sites excluding steroid dienone is 4. The van der Waals surface area contributed by atoms with E-state index in [1.807, 2.05) is 21.1 Å². The minimum atomic E-state index is -4.38. The Bertz CT molecular complexity index is 1110. The van der Waals surface area contributed by atoms with Crippen LogP contribution in [0, 0.1) is 0 Å². The van der Waals surface area contributed by atoms with Crippen LogP contribution < -0.4 is 0 Å². The second-order valence-electron chi connectivity index (χ2n) is 18.9. The van der Waals surface area contributed by atoms with Gasteiger partial charge in [-0.15, -0.1) is 0 Å². The van der Waals surface area contributed by atoms with Crippen LogP contribution in [-0.2, 0) is 32.7 Å². The minimum Gasteiger partial charge on any atom is -0.462 e. The lowest BCUT2D eigenvalue weighted by Crippen LogP contribution is -2.37. The molecule has 0 aliphatic heterocycles. The van der Waals surface area contributed by atoms with Gasteiger partial charge in [-0.25, -0.2) is 4.57 Å². The molecule has 2 atom stereocenters. The number of ether oxygens (including phenoxy) is 2. The van der Waals surface area contributed by atoms with Gasteiger partial charge in [-0.05, 0) is 57.8 Å². The first-order valence-corrected chi connectivity index (χ1v) is 27.6. The fourth-order valence-corrected chi connectivity index (χ4v) is 8.09. The Hall–Kier alpha value is -1.51. The summed E-state index contributed by atoms with van der Waals surface area (Å²) in [5.41, 5.74) is 0. The van der Waals surface area contributed by atoms with Crippen LogP contribution in [0.25, 0.3) is 0 Å². The Morgan fingerprint density at radius 1 is 0.484 bits per heavy atom. The molecule has 0 aliphatic carbocycles. The molecule has 10 heteroatoms. The van der Waals surface area contributed by atoms with E-state index >= 15 is 0 Å². The maximum Gasteiger partial charge on any atom is 0.472 e. The summed E-state index contributed by atoms with van der Waals surface area (Å²) in [4.78, 5) is 35.4. The summed E-state index contributed by atoms with van der Waals surface area (Å²) in [7, 11) is 1.48. The molecule has 0 aromatic carbocycles. The number of phosphoric acid groups is 1. The van der Waals surface area contributed by atoms with Crippen LogP contribution in [0.15, 0.2) is 24.3 Å². The van der Waals surface area contributed by atoms with E-state index in [-0.39, 0.29) is 32.0 Å². The summed E-state index contributed by atoms with van der Waals surface area (Å²) < 4.78 is 34.4. The number of nitrogens with zero attached hydrogens (tertiary/aromatic N) is 1. The number of phosphoric ester groups is 1. The number of unbranched alkanes of at least 4 members (excludes halogenated alkanes) is 30. The van der Waals surface area contributed by atoms with E-state index in [4.69, 9.17) is 18.5 Å². The molecule has 0 fully saturated rings. The van der Waals surface area contributed by atoms with E-state index in [9.17, 15) is 19.0 Å². The normalized spacial score (nSPS) is 13.6. The van der Waals surface area contributed by atoms with Crippen molar-refractivity contribution in [3.63, 3.8) is 0 Å². The van der Waals surface area contributed by atoms with Crippen LogP contribution >= 0.6 is 7.82 Å². The number of hydrogen-bond donors (Lipinski definition) is 1. The van der Waals surface area contributed by atoms with E-state index in [1.54, 1.807) is 0 Å². The number of carbonyl (C=O) groups is 2. The second kappa shape index (κ2) is 44.7. The molecule has 9 nitrogen and oxygen atoms in total. The third-order valence-corrected chi connectivity index (χ3v) is 12.4. The van der Waals surface area contributed by atoms with Crippen molar-refractivity contribution in [2.75, 3.05) is 47.5 Å². The Kier molecular flexibility index (Phi) is 43.6. The summed E-state index contributed by atoms with van der Waals surface area (Å²) >= 11 is 0. The smallest absolute Gasteiger partial charge is 0.462 e. The van der Waals surface area contributed by atoms with Crippen molar-refractivity contribution in [2.24, 2.45) is 0 Å². The molecule has 1 N–H and O–H groups in total. The standard InChI is InChI=1S/C52H100NO8P/c1-6-8-10-12-14-16-18-19-20-21-22-23-24-25-26-27-28-29-30-31-32-33-35-37-39-41-43-45-52(55)61-50(49-60-62(56,57)59-47-46-53(3,4)5)48-58-51(54)44-42-40-38-36-34-17-15-13-11-9-7-2/h13,15,21-22,50H,6-12,14,16-20,23-49H2,1-5H3/p+1/b15-13-,22-21-. The van der Waals surface area contributed by atoms with Crippen molar-refractivity contribution < 1.29 is 42.1 Å². The molecule has 2 unspecified atom stereocenters. The summed E-state index contributed by atoms with van der Waals surface area (Å²) in [6.07, 6.45) is 51.1. The van der Waals surface area contributed by atoms with Crippen molar-refractivity contribution in [3.05, 3.63) is 24.3 Å². The summed E-state index contributed by atoms with van der Waals surface area (Å²) in [5.74, 6) is -0.801. The Labute approximate surface area is 383 Å². The molecule has 0 spiro atoms. The van der Waals surface area contributed by atoms with E-state index in [0.29, 0.717) is 17.4 Å². The Morgan fingerprint density at radius 3 is 1.24 bits per heavy atom. The van der Waals surface area contributed by atoms with Gasteiger partial charge in [0, 0.05) is 12.8 Å². The lowest BCUT2D eigenvalue weighted by Gasteiger charge is -2.24. The van der Waals surface area contributed by atoms with Crippen LogP contribution in [0.2, 0.25) is 0 Å². The lowest BCUT2D eigenvalue weighted by molar-refractivity contribution is -0.870. The van der Waals surface area contributed by atoms with Gasteiger partial charge in [0.2, 0.25) is 0 Å². The first-order chi connectivity index (χ1) is 30.0. The van der Waals surface area contributed by atoms with Gasteiger partial charge in [-0.3, -0.25) is 18.6 Å². The number of carbonyl (C=O) groups excluding carboxylic acids is 2. The predicted molar refractivity (Wildman–Crippen MR) is 261 cm³/mol. The molecule has 0 aromatic rings. The van der Waals surface area contributed by atoms with Crippen LogP contribution in [-0.4, -0.2) is 74.9 Å². The topological polar surface area (TPSA) is 108 Å². The highest BCUT2D eigenvalue weighted by Crippen LogP contribution is 2.43. The third kappa shape index (κ3) is 48.0. The van der Waals surface area contributed by atoms with Gasteiger partial charge in [-0.1, -0.05) is 199 Å². The molecule has 0 heterocycles. The molecule has 0 bridgehead atoms. The molecule has 0 aliphatic rings. The second-order valence-corrected chi connectivity index (χ2v) is 20.4. The maximum absolute atomic E-state index is 12.7. The van der Waals surface area contributed by atoms with Crippen LogP contribution in [0.5, 0.6) is 0 Å². The highest BCUT2D eigenvalue weighted by atomic mass is 31.2. The summed E-state index contributed by atoms with van der Waals surface area (Å²) in [6, 6.07) is 0. The van der Waals surface area contributed by atoms with Crippen molar-refractivity contribution in [3.8, 4) is 0 Å². The van der Waals surface area contributed by atoms with Gasteiger partial charge >= 0.3 is 19.8 Å². The van der Waals surface area contributed by atoms with E-state index in [1.165, 1.54) is 154 Å². The minimum absolute atomic E-state index is 0.0323. The first kappa shape index (κ1) is 60.5. The molecule has 0 radical (unpaired) electrons. The van der Waals surface area contributed by atoms with Gasteiger partial charge in [0.1, 0.15) is 19.8 Å². The number of hydrogen-bond acceptors (Lipinski definition) is 7. The average Bonchev–Trinajstić information content (AvgIpc) is 3.23. The quantitative estimate of drug-likeness (QED) is 0.0211. The highest BCUT2D eigenvalue weighted by molar-refractivity contribution is 7.47. The van der Waals surface area contributed by atoms with Gasteiger partial charge < -0.3 is 18.9 Å². The van der Waals surface area contributed by atoms with Gasteiger partial charge in [0.25, 0.3) is 0 Å². The molecular weight excluding hydrogens is 798 g/mol. The zero-order valence-electron chi connectivity index (χ0n) is 41.4. The SMILES string of the molecule is CCCC/C=C\CCCCCCCC(=O)OCC(COP(=O)(O)OCC[N+](C)(C)C)OC(=O)CCCCCCCCCCCCCCCCC/C=C\CCCCCCCCCC. The first-order valence-electron chi connectivity index (χ1n) is 26.1. The van der Waals surface area contributed by atoms with Crippen LogP contribution in [0.4, 0.5) is 0 Å². The third-order valence-electron chi connectivity index (χ3n) is 11.5. The van der Waals surface area contributed by atoms with E-state index in [0.717, 1.165) is 57.8 Å². The molecule has 0 saturated carbocycles. The van der Waals surface area contributed by atoms with Gasteiger partial charge in [0.05, 0.1) is 27.7 Å². The molecule has 0 aromatic heterocycles. The van der Waals surface area contributed by atoms with Crippen LogP contribution in [0.1, 0.15) is 245 Å². The fourth-order valence-electron chi connectivity index (χ4n) is 7.34. The summed E-state index contributed by atoms with van der Waals surface area (Å²) in [5, 5.41) is 0. The number of likely N-dealkylation sites (N-methyl/N-ethyl adjacent to an activating group) is 1. The van der Waals surface area contributed by atoms with Gasteiger partial charge in [-0.2, -0.15) is 0 Å². The van der Waals surface area contributed by atoms with E-state index in [2.05, 4.69) is 38.2 Å². The Balaban J connectivity index is 4.08. The number of esters is 2. The van der Waals surface area contributed by atoms with Gasteiger partial charge in [0.15, 0.2) is 6.10 Å². The summed E-state index contributed by atoms with van der Waals surface area (Å²) in [6.45, 7) is 4.40. The number of quaternary nitrogens is 1. The van der Waals surface area contributed by atoms with E-state index < -0.39 is 26.5 Å². The van der Waals surface area contributed by atoms with Crippen molar-refractivity contribution in [1.82, 2.24) is 0 Å². The molecular formula is C52H101NO8P+. The lowest BCUT2D eigenvalue weighted by atomic mass is 10.0. The molecule has 62 heavy (non-hydrogen) atoms. The fraction of sp³-hybridized carbons (Fsp3) is 0.885. The molecule has 0 saturated heterocycles.